The largest absolute Gasteiger partial charge is 0.316 e. The standard InChI is InChI=1S/C15H25N/c1-4-6-11-16-12-14(5-2)15-10-8-7-9-13(15)3/h7-10,14,16H,4-6,11-12H2,1-3H3. The van der Waals surface area contributed by atoms with Crippen molar-refractivity contribution < 1.29 is 0 Å². The fraction of sp³-hybridized carbons (Fsp3) is 0.600. The summed E-state index contributed by atoms with van der Waals surface area (Å²) in [5.74, 6) is 0.665. The highest BCUT2D eigenvalue weighted by Gasteiger charge is 2.10. The van der Waals surface area contributed by atoms with Gasteiger partial charge in [0.15, 0.2) is 0 Å². The molecule has 0 amide bonds. The fourth-order valence-electron chi connectivity index (χ4n) is 2.10. The van der Waals surface area contributed by atoms with E-state index in [1.54, 1.807) is 0 Å². The topological polar surface area (TPSA) is 12.0 Å². The van der Waals surface area contributed by atoms with Crippen molar-refractivity contribution in [1.82, 2.24) is 5.32 Å². The average molecular weight is 219 g/mol. The van der Waals surface area contributed by atoms with Crippen LogP contribution < -0.4 is 5.32 Å². The van der Waals surface area contributed by atoms with Crippen LogP contribution in [-0.4, -0.2) is 13.1 Å². The van der Waals surface area contributed by atoms with Gasteiger partial charge in [0.25, 0.3) is 0 Å². The Kier molecular flexibility index (Phi) is 6.17. The minimum Gasteiger partial charge on any atom is -0.316 e. The second kappa shape index (κ2) is 7.45. The summed E-state index contributed by atoms with van der Waals surface area (Å²) in [7, 11) is 0. The summed E-state index contributed by atoms with van der Waals surface area (Å²) in [5, 5.41) is 3.56. The molecule has 0 spiro atoms. The highest BCUT2D eigenvalue weighted by Crippen LogP contribution is 2.21. The van der Waals surface area contributed by atoms with E-state index < -0.39 is 0 Å². The molecule has 0 bridgehead atoms. The quantitative estimate of drug-likeness (QED) is 0.686. The Morgan fingerprint density at radius 3 is 2.56 bits per heavy atom. The smallest absolute Gasteiger partial charge is 0.00201 e. The third-order valence-electron chi connectivity index (χ3n) is 3.22. The predicted molar refractivity (Wildman–Crippen MR) is 72.0 cm³/mol. The zero-order chi connectivity index (χ0) is 11.8. The molecular weight excluding hydrogens is 194 g/mol. The molecule has 0 heterocycles. The summed E-state index contributed by atoms with van der Waals surface area (Å²) < 4.78 is 0. The molecule has 1 atom stereocenters. The van der Waals surface area contributed by atoms with Gasteiger partial charge < -0.3 is 5.32 Å². The number of nitrogens with one attached hydrogen (secondary N) is 1. The van der Waals surface area contributed by atoms with Gasteiger partial charge in [-0.3, -0.25) is 0 Å². The Morgan fingerprint density at radius 1 is 1.19 bits per heavy atom. The van der Waals surface area contributed by atoms with Crippen molar-refractivity contribution >= 4 is 0 Å². The van der Waals surface area contributed by atoms with E-state index in [2.05, 4.69) is 50.4 Å². The van der Waals surface area contributed by atoms with Crippen LogP contribution in [0, 0.1) is 6.92 Å². The van der Waals surface area contributed by atoms with E-state index >= 15 is 0 Å². The van der Waals surface area contributed by atoms with E-state index in [9.17, 15) is 0 Å². The molecule has 0 radical (unpaired) electrons. The second-order valence-electron chi connectivity index (χ2n) is 4.52. The molecule has 90 valence electrons. The second-order valence-corrected chi connectivity index (χ2v) is 4.52. The first-order valence-electron chi connectivity index (χ1n) is 6.55. The summed E-state index contributed by atoms with van der Waals surface area (Å²) in [6.07, 6.45) is 3.77. The third-order valence-corrected chi connectivity index (χ3v) is 3.22. The molecule has 0 aliphatic heterocycles. The Hall–Kier alpha value is -0.820. The molecule has 0 aromatic heterocycles. The SMILES string of the molecule is CCCCNCC(CC)c1ccccc1C. The molecule has 1 nitrogen and oxygen atoms in total. The van der Waals surface area contributed by atoms with E-state index in [1.165, 1.54) is 30.4 Å². The first-order chi connectivity index (χ1) is 7.79. The molecule has 0 aliphatic rings. The monoisotopic (exact) mass is 219 g/mol. The van der Waals surface area contributed by atoms with E-state index in [4.69, 9.17) is 0 Å². The minimum absolute atomic E-state index is 0.665. The van der Waals surface area contributed by atoms with Crippen LogP contribution >= 0.6 is 0 Å². The molecule has 1 aromatic rings. The van der Waals surface area contributed by atoms with Gasteiger partial charge in [0.2, 0.25) is 0 Å². The molecule has 0 saturated carbocycles. The van der Waals surface area contributed by atoms with Gasteiger partial charge in [-0.2, -0.15) is 0 Å². The van der Waals surface area contributed by atoms with Crippen molar-refractivity contribution in [3.63, 3.8) is 0 Å². The van der Waals surface area contributed by atoms with Crippen LogP contribution in [0.1, 0.15) is 50.2 Å². The van der Waals surface area contributed by atoms with Crippen LogP contribution in [0.4, 0.5) is 0 Å². The van der Waals surface area contributed by atoms with E-state index in [0.29, 0.717) is 5.92 Å². The summed E-state index contributed by atoms with van der Waals surface area (Å²) in [6, 6.07) is 8.75. The number of rotatable bonds is 7. The van der Waals surface area contributed by atoms with Crippen molar-refractivity contribution in [1.29, 1.82) is 0 Å². The summed E-state index contributed by atoms with van der Waals surface area (Å²) in [4.78, 5) is 0. The number of hydrogen-bond donors (Lipinski definition) is 1. The molecule has 1 rings (SSSR count). The van der Waals surface area contributed by atoms with Gasteiger partial charge >= 0.3 is 0 Å². The van der Waals surface area contributed by atoms with Crippen molar-refractivity contribution in [3.8, 4) is 0 Å². The Balaban J connectivity index is 2.51. The molecule has 1 heteroatoms. The van der Waals surface area contributed by atoms with Gasteiger partial charge in [0.1, 0.15) is 0 Å². The molecule has 0 fully saturated rings. The highest BCUT2D eigenvalue weighted by molar-refractivity contribution is 5.29. The van der Waals surface area contributed by atoms with Gasteiger partial charge in [-0.05, 0) is 43.4 Å². The third kappa shape index (κ3) is 3.97. The minimum atomic E-state index is 0.665. The van der Waals surface area contributed by atoms with Crippen LogP contribution in [0.3, 0.4) is 0 Å². The van der Waals surface area contributed by atoms with Crippen molar-refractivity contribution in [2.24, 2.45) is 0 Å². The molecule has 1 unspecified atom stereocenters. The van der Waals surface area contributed by atoms with E-state index in [0.717, 1.165) is 13.1 Å². The lowest BCUT2D eigenvalue weighted by Gasteiger charge is -2.18. The predicted octanol–water partition coefficient (Wildman–Crippen LogP) is 3.88. The molecular formula is C15H25N. The maximum absolute atomic E-state index is 3.56. The van der Waals surface area contributed by atoms with E-state index in [-0.39, 0.29) is 0 Å². The van der Waals surface area contributed by atoms with Crippen molar-refractivity contribution in [2.75, 3.05) is 13.1 Å². The number of aryl methyl sites for hydroxylation is 1. The molecule has 1 aromatic carbocycles. The number of hydrogen-bond acceptors (Lipinski definition) is 1. The maximum atomic E-state index is 3.56. The van der Waals surface area contributed by atoms with Gasteiger partial charge in [-0.25, -0.2) is 0 Å². The highest BCUT2D eigenvalue weighted by atomic mass is 14.8. The lowest BCUT2D eigenvalue weighted by atomic mass is 9.92. The first kappa shape index (κ1) is 13.2. The van der Waals surface area contributed by atoms with Gasteiger partial charge in [-0.1, -0.05) is 44.5 Å². The number of benzene rings is 1. The molecule has 0 saturated heterocycles. The average Bonchev–Trinajstić information content (AvgIpc) is 2.31. The van der Waals surface area contributed by atoms with Crippen LogP contribution in [0.15, 0.2) is 24.3 Å². The number of unbranched alkanes of at least 4 members (excludes halogenated alkanes) is 1. The van der Waals surface area contributed by atoms with Gasteiger partial charge in [0.05, 0.1) is 0 Å². The van der Waals surface area contributed by atoms with Crippen LogP contribution in [0.25, 0.3) is 0 Å². The normalized spacial score (nSPS) is 12.7. The lowest BCUT2D eigenvalue weighted by molar-refractivity contribution is 0.554. The summed E-state index contributed by atoms with van der Waals surface area (Å²) in [5.41, 5.74) is 2.93. The Labute approximate surface area is 100 Å². The van der Waals surface area contributed by atoms with Crippen LogP contribution in [0.2, 0.25) is 0 Å². The van der Waals surface area contributed by atoms with E-state index in [1.807, 2.05) is 0 Å². The first-order valence-corrected chi connectivity index (χ1v) is 6.55. The molecule has 0 aliphatic carbocycles. The lowest BCUT2D eigenvalue weighted by Crippen LogP contribution is -2.22. The fourth-order valence-corrected chi connectivity index (χ4v) is 2.10. The molecule has 1 N–H and O–H groups in total. The van der Waals surface area contributed by atoms with Gasteiger partial charge in [-0.15, -0.1) is 0 Å². The summed E-state index contributed by atoms with van der Waals surface area (Å²) >= 11 is 0. The Morgan fingerprint density at radius 2 is 1.94 bits per heavy atom. The van der Waals surface area contributed by atoms with Crippen LogP contribution in [0.5, 0.6) is 0 Å². The van der Waals surface area contributed by atoms with Crippen molar-refractivity contribution in [3.05, 3.63) is 35.4 Å². The van der Waals surface area contributed by atoms with Crippen molar-refractivity contribution in [2.45, 2.75) is 46.0 Å². The Bertz CT molecular complexity index is 293. The zero-order valence-corrected chi connectivity index (χ0v) is 10.9. The van der Waals surface area contributed by atoms with Gasteiger partial charge in [0, 0.05) is 6.54 Å². The zero-order valence-electron chi connectivity index (χ0n) is 10.9. The summed E-state index contributed by atoms with van der Waals surface area (Å²) in [6.45, 7) is 8.99. The molecule has 16 heavy (non-hydrogen) atoms. The van der Waals surface area contributed by atoms with Crippen LogP contribution in [-0.2, 0) is 0 Å². The maximum Gasteiger partial charge on any atom is 0.00201 e.